The van der Waals surface area contributed by atoms with Crippen molar-refractivity contribution in [3.05, 3.63) is 47.3 Å². The summed E-state index contributed by atoms with van der Waals surface area (Å²) in [5.74, 6) is 1.42. The minimum Gasteiger partial charge on any atom is -0.496 e. The number of methoxy groups -OCH3 is 1. The standard InChI is InChI=1S/C15H18N4OS/c1-10-9-12(14(16)21)19-15(18-10)17-8-7-11-5-3-4-6-13(11)20-2/h3-6,9H,7-8H2,1-2H3,(H2,16,21)(H,17,18,19). The highest BCUT2D eigenvalue weighted by atomic mass is 32.1. The number of anilines is 1. The van der Waals surface area contributed by atoms with Crippen LogP contribution in [0.4, 0.5) is 5.95 Å². The van der Waals surface area contributed by atoms with E-state index in [4.69, 9.17) is 22.7 Å². The zero-order valence-electron chi connectivity index (χ0n) is 12.1. The molecule has 0 aliphatic carbocycles. The lowest BCUT2D eigenvalue weighted by atomic mass is 10.1. The molecule has 1 aromatic carbocycles. The number of ether oxygens (including phenoxy) is 1. The van der Waals surface area contributed by atoms with Crippen LogP contribution < -0.4 is 15.8 Å². The number of nitrogens with one attached hydrogen (secondary N) is 1. The van der Waals surface area contributed by atoms with Gasteiger partial charge in [0.1, 0.15) is 16.4 Å². The highest BCUT2D eigenvalue weighted by Gasteiger charge is 2.05. The maximum Gasteiger partial charge on any atom is 0.223 e. The molecule has 6 heteroatoms. The van der Waals surface area contributed by atoms with Crippen molar-refractivity contribution in [2.75, 3.05) is 19.0 Å². The molecule has 0 unspecified atom stereocenters. The van der Waals surface area contributed by atoms with Gasteiger partial charge in [0.05, 0.1) is 7.11 Å². The molecule has 1 aromatic heterocycles. The third kappa shape index (κ3) is 4.13. The molecule has 3 N–H and O–H groups in total. The Morgan fingerprint density at radius 1 is 1.33 bits per heavy atom. The van der Waals surface area contributed by atoms with Crippen LogP contribution in [0.5, 0.6) is 5.75 Å². The topological polar surface area (TPSA) is 73.1 Å². The van der Waals surface area contributed by atoms with Gasteiger partial charge in [-0.3, -0.25) is 0 Å². The third-order valence-corrected chi connectivity index (χ3v) is 3.19. The number of hydrogen-bond donors (Lipinski definition) is 2. The molecule has 0 aliphatic rings. The fraction of sp³-hybridized carbons (Fsp3) is 0.267. The highest BCUT2D eigenvalue weighted by Crippen LogP contribution is 2.17. The van der Waals surface area contributed by atoms with Crippen LogP contribution in [-0.2, 0) is 6.42 Å². The zero-order valence-corrected chi connectivity index (χ0v) is 12.9. The minimum absolute atomic E-state index is 0.272. The summed E-state index contributed by atoms with van der Waals surface area (Å²) in [7, 11) is 1.67. The van der Waals surface area contributed by atoms with E-state index < -0.39 is 0 Å². The summed E-state index contributed by atoms with van der Waals surface area (Å²) in [5, 5.41) is 3.19. The number of nitrogens with zero attached hydrogens (tertiary/aromatic N) is 2. The summed E-state index contributed by atoms with van der Waals surface area (Å²) in [6.45, 7) is 2.58. The fourth-order valence-electron chi connectivity index (χ4n) is 1.99. The fourth-order valence-corrected chi connectivity index (χ4v) is 2.10. The van der Waals surface area contributed by atoms with Gasteiger partial charge in [-0.15, -0.1) is 0 Å². The van der Waals surface area contributed by atoms with Crippen molar-refractivity contribution in [2.45, 2.75) is 13.3 Å². The SMILES string of the molecule is COc1ccccc1CCNc1nc(C)cc(C(N)=S)n1. The Kier molecular flexibility index (Phi) is 5.05. The first-order valence-electron chi connectivity index (χ1n) is 6.61. The molecule has 0 amide bonds. The summed E-state index contributed by atoms with van der Waals surface area (Å²) in [5.41, 5.74) is 8.15. The molecule has 2 aromatic rings. The normalized spacial score (nSPS) is 10.2. The van der Waals surface area contributed by atoms with E-state index >= 15 is 0 Å². The first-order chi connectivity index (χ1) is 10.1. The van der Waals surface area contributed by atoms with E-state index in [0.717, 1.165) is 23.4 Å². The molecule has 110 valence electrons. The summed E-state index contributed by atoms with van der Waals surface area (Å²) in [6.07, 6.45) is 0.809. The second-order valence-corrected chi connectivity index (χ2v) is 5.01. The Bertz CT molecular complexity index is 645. The van der Waals surface area contributed by atoms with E-state index in [1.165, 1.54) is 0 Å². The van der Waals surface area contributed by atoms with Gasteiger partial charge in [0.25, 0.3) is 0 Å². The van der Waals surface area contributed by atoms with Crippen molar-refractivity contribution in [3.63, 3.8) is 0 Å². The number of aryl methyl sites for hydroxylation is 1. The number of nitrogens with two attached hydrogens (primary N) is 1. The second-order valence-electron chi connectivity index (χ2n) is 4.57. The first-order valence-corrected chi connectivity index (χ1v) is 7.02. The predicted molar refractivity (Wildman–Crippen MR) is 87.8 cm³/mol. The lowest BCUT2D eigenvalue weighted by Gasteiger charge is -2.10. The summed E-state index contributed by atoms with van der Waals surface area (Å²) in [6, 6.07) is 9.70. The average Bonchev–Trinajstić information content (AvgIpc) is 2.47. The van der Waals surface area contributed by atoms with Crippen LogP contribution >= 0.6 is 12.2 Å². The molecule has 0 saturated carbocycles. The Hall–Kier alpha value is -2.21. The molecule has 0 spiro atoms. The van der Waals surface area contributed by atoms with Crippen LogP contribution in [0.1, 0.15) is 17.0 Å². The molecule has 0 bridgehead atoms. The number of thiocarbonyl (C=S) groups is 1. The molecule has 0 radical (unpaired) electrons. The summed E-state index contributed by atoms with van der Waals surface area (Å²) in [4.78, 5) is 8.88. The van der Waals surface area contributed by atoms with E-state index in [2.05, 4.69) is 15.3 Å². The van der Waals surface area contributed by atoms with Crippen molar-refractivity contribution in [2.24, 2.45) is 5.73 Å². The Morgan fingerprint density at radius 3 is 2.81 bits per heavy atom. The van der Waals surface area contributed by atoms with Crippen LogP contribution in [0.25, 0.3) is 0 Å². The van der Waals surface area contributed by atoms with E-state index in [9.17, 15) is 0 Å². The number of aromatic nitrogens is 2. The Labute approximate surface area is 129 Å². The van der Waals surface area contributed by atoms with Crippen molar-refractivity contribution in [3.8, 4) is 5.75 Å². The molecule has 0 saturated heterocycles. The Balaban J connectivity index is 2.02. The van der Waals surface area contributed by atoms with Gasteiger partial charge in [0.15, 0.2) is 0 Å². The monoisotopic (exact) mass is 302 g/mol. The van der Waals surface area contributed by atoms with Crippen LogP contribution in [0.2, 0.25) is 0 Å². The molecular formula is C15H18N4OS. The van der Waals surface area contributed by atoms with Crippen molar-refractivity contribution in [1.82, 2.24) is 9.97 Å². The van der Waals surface area contributed by atoms with Crippen molar-refractivity contribution < 1.29 is 4.74 Å². The van der Waals surface area contributed by atoms with Crippen LogP contribution in [-0.4, -0.2) is 28.6 Å². The summed E-state index contributed by atoms with van der Waals surface area (Å²) < 4.78 is 5.33. The largest absolute Gasteiger partial charge is 0.496 e. The molecule has 2 rings (SSSR count). The maximum atomic E-state index is 5.61. The first kappa shape index (κ1) is 15.2. The number of benzene rings is 1. The average molecular weight is 302 g/mol. The van der Waals surface area contributed by atoms with Crippen molar-refractivity contribution >= 4 is 23.2 Å². The molecule has 0 fully saturated rings. The third-order valence-electron chi connectivity index (χ3n) is 2.98. The van der Waals surface area contributed by atoms with Gasteiger partial charge in [0, 0.05) is 12.2 Å². The van der Waals surface area contributed by atoms with Gasteiger partial charge in [-0.25, -0.2) is 9.97 Å². The van der Waals surface area contributed by atoms with Crippen molar-refractivity contribution in [1.29, 1.82) is 0 Å². The van der Waals surface area contributed by atoms with Gasteiger partial charge in [-0.2, -0.15) is 0 Å². The van der Waals surface area contributed by atoms with Gasteiger partial charge in [-0.1, -0.05) is 30.4 Å². The smallest absolute Gasteiger partial charge is 0.223 e. The molecule has 5 nitrogen and oxygen atoms in total. The van der Waals surface area contributed by atoms with E-state index in [1.807, 2.05) is 31.2 Å². The number of rotatable bonds is 6. The lowest BCUT2D eigenvalue weighted by molar-refractivity contribution is 0.410. The van der Waals surface area contributed by atoms with Crippen LogP contribution in [0.15, 0.2) is 30.3 Å². The minimum atomic E-state index is 0.272. The quantitative estimate of drug-likeness (QED) is 0.796. The number of hydrogen-bond acceptors (Lipinski definition) is 5. The molecular weight excluding hydrogens is 284 g/mol. The predicted octanol–water partition coefficient (Wildman–Crippen LogP) is 2.08. The molecule has 0 atom stereocenters. The highest BCUT2D eigenvalue weighted by molar-refractivity contribution is 7.80. The van der Waals surface area contributed by atoms with E-state index in [-0.39, 0.29) is 4.99 Å². The molecule has 1 heterocycles. The van der Waals surface area contributed by atoms with Gasteiger partial charge in [0.2, 0.25) is 5.95 Å². The van der Waals surface area contributed by atoms with Gasteiger partial charge >= 0.3 is 0 Å². The van der Waals surface area contributed by atoms with Crippen LogP contribution in [0, 0.1) is 6.92 Å². The van der Waals surface area contributed by atoms with Gasteiger partial charge in [-0.05, 0) is 31.0 Å². The molecule has 0 aliphatic heterocycles. The van der Waals surface area contributed by atoms with Crippen LogP contribution in [0.3, 0.4) is 0 Å². The van der Waals surface area contributed by atoms with E-state index in [1.54, 1.807) is 13.2 Å². The number of para-hydroxylation sites is 1. The summed E-state index contributed by atoms with van der Waals surface area (Å²) >= 11 is 4.95. The second kappa shape index (κ2) is 6.99. The maximum absolute atomic E-state index is 5.61. The lowest BCUT2D eigenvalue weighted by Crippen LogP contribution is -2.15. The Morgan fingerprint density at radius 2 is 2.10 bits per heavy atom. The van der Waals surface area contributed by atoms with E-state index in [0.29, 0.717) is 18.2 Å². The molecule has 21 heavy (non-hydrogen) atoms. The zero-order chi connectivity index (χ0) is 15.2. The van der Waals surface area contributed by atoms with Gasteiger partial charge < -0.3 is 15.8 Å².